The number of amides is 1. The highest BCUT2D eigenvalue weighted by atomic mass is 19.1. The highest BCUT2D eigenvalue weighted by Crippen LogP contribution is 2.41. The number of fused-ring (bicyclic) bond motifs is 2. The molecule has 0 aliphatic carbocycles. The molecule has 1 spiro atoms. The Morgan fingerprint density at radius 1 is 1.03 bits per heavy atom. The lowest BCUT2D eigenvalue weighted by Gasteiger charge is -2.52. The Morgan fingerprint density at radius 2 is 1.68 bits per heavy atom. The van der Waals surface area contributed by atoms with Gasteiger partial charge in [0.25, 0.3) is 12.1 Å². The van der Waals surface area contributed by atoms with Crippen molar-refractivity contribution in [1.82, 2.24) is 14.7 Å². The number of rotatable bonds is 4. The van der Waals surface area contributed by atoms with Crippen LogP contribution in [0.1, 0.15) is 55.5 Å². The molecule has 4 aliphatic rings. The number of carbonyl (C=O) groups excluding carboxylic acids is 4. The van der Waals surface area contributed by atoms with Gasteiger partial charge in [-0.25, -0.2) is 9.18 Å². The minimum absolute atomic E-state index is 0.00994. The summed E-state index contributed by atoms with van der Waals surface area (Å²) in [5, 5.41) is 10.8. The molecule has 1 amide bonds. The SMILES string of the molecule is CC(C)N1CCN(C(=O)c2ccc(CN3CCC(F)CC3)cc2)C23OC(=O)CC(O)(CC(=O)OC12)C(=O)O3. The monoisotopic (exact) mass is 533 g/mol. The zero-order valence-corrected chi connectivity index (χ0v) is 21.4. The molecule has 0 radical (unpaired) electrons. The van der Waals surface area contributed by atoms with Crippen LogP contribution in [0.3, 0.4) is 0 Å². The van der Waals surface area contributed by atoms with E-state index >= 15 is 0 Å². The number of hydrogen-bond acceptors (Lipinski definition) is 10. The third-order valence-corrected chi connectivity index (χ3v) is 7.60. The van der Waals surface area contributed by atoms with E-state index in [-0.39, 0.29) is 24.7 Å². The third-order valence-electron chi connectivity index (χ3n) is 7.60. The highest BCUT2D eigenvalue weighted by molar-refractivity contribution is 5.96. The number of carbonyl (C=O) groups is 4. The van der Waals surface area contributed by atoms with Gasteiger partial charge in [0.05, 0.1) is 12.8 Å². The summed E-state index contributed by atoms with van der Waals surface area (Å²) in [4.78, 5) is 57.3. The molecule has 206 valence electrons. The molecule has 5 rings (SSSR count). The van der Waals surface area contributed by atoms with Gasteiger partial charge >= 0.3 is 23.8 Å². The van der Waals surface area contributed by atoms with Crippen LogP contribution in [0, 0.1) is 0 Å². The molecule has 4 fully saturated rings. The quantitative estimate of drug-likeness (QED) is 0.559. The van der Waals surface area contributed by atoms with Gasteiger partial charge in [0, 0.05) is 44.3 Å². The number of esters is 3. The maximum Gasteiger partial charge on any atom is 0.399 e. The van der Waals surface area contributed by atoms with Crippen molar-refractivity contribution in [3.8, 4) is 0 Å². The lowest BCUT2D eigenvalue weighted by Crippen LogP contribution is -2.74. The minimum Gasteiger partial charge on any atom is -0.435 e. The molecule has 3 unspecified atom stereocenters. The van der Waals surface area contributed by atoms with E-state index in [4.69, 9.17) is 14.2 Å². The van der Waals surface area contributed by atoms with Crippen LogP contribution in [0.25, 0.3) is 0 Å². The number of alkyl halides is 1. The summed E-state index contributed by atoms with van der Waals surface area (Å²) in [7, 11) is 0. The van der Waals surface area contributed by atoms with E-state index < -0.39 is 60.6 Å². The molecule has 0 saturated carbocycles. The molecule has 4 heterocycles. The van der Waals surface area contributed by atoms with E-state index in [0.29, 0.717) is 32.5 Å². The molecule has 12 heteroatoms. The zero-order valence-electron chi connectivity index (χ0n) is 21.4. The fourth-order valence-corrected chi connectivity index (χ4v) is 5.48. The molecule has 1 aromatic carbocycles. The van der Waals surface area contributed by atoms with Gasteiger partial charge in [-0.1, -0.05) is 12.1 Å². The summed E-state index contributed by atoms with van der Waals surface area (Å²) in [6, 6.07) is 6.58. The summed E-state index contributed by atoms with van der Waals surface area (Å²) in [6.07, 6.45) is -2.79. The molecule has 3 atom stereocenters. The first-order chi connectivity index (χ1) is 18.0. The molecule has 1 N–H and O–H groups in total. The normalized spacial score (nSPS) is 31.1. The maximum atomic E-state index is 13.8. The summed E-state index contributed by atoms with van der Waals surface area (Å²) in [5.41, 5.74) is -1.28. The highest BCUT2D eigenvalue weighted by Gasteiger charge is 2.67. The summed E-state index contributed by atoms with van der Waals surface area (Å²) >= 11 is 0. The summed E-state index contributed by atoms with van der Waals surface area (Å²) < 4.78 is 30.3. The van der Waals surface area contributed by atoms with E-state index in [2.05, 4.69) is 4.90 Å². The lowest BCUT2D eigenvalue weighted by molar-refractivity contribution is -0.355. The Bertz CT molecular complexity index is 1120. The van der Waals surface area contributed by atoms with E-state index in [1.807, 2.05) is 13.8 Å². The van der Waals surface area contributed by atoms with Crippen molar-refractivity contribution >= 4 is 23.8 Å². The first kappa shape index (κ1) is 26.5. The van der Waals surface area contributed by atoms with Crippen LogP contribution in [-0.4, -0.2) is 99.8 Å². The second-order valence-electron chi connectivity index (χ2n) is 10.7. The Balaban J connectivity index is 1.46. The lowest BCUT2D eigenvalue weighted by atomic mass is 9.95. The Kier molecular flexibility index (Phi) is 6.91. The van der Waals surface area contributed by atoms with Crippen molar-refractivity contribution in [2.24, 2.45) is 0 Å². The average molecular weight is 534 g/mol. The number of likely N-dealkylation sites (tertiary alicyclic amines) is 1. The number of ether oxygens (including phenoxy) is 3. The Hall–Kier alpha value is -3.09. The van der Waals surface area contributed by atoms with E-state index in [1.165, 1.54) is 0 Å². The predicted octanol–water partition coefficient (Wildman–Crippen LogP) is 0.935. The first-order valence-corrected chi connectivity index (χ1v) is 12.9. The molecule has 2 bridgehead atoms. The van der Waals surface area contributed by atoms with Gasteiger partial charge in [0.15, 0.2) is 5.60 Å². The van der Waals surface area contributed by atoms with Gasteiger partial charge in [-0.3, -0.25) is 29.1 Å². The van der Waals surface area contributed by atoms with Gasteiger partial charge in [-0.15, -0.1) is 0 Å². The van der Waals surface area contributed by atoms with Gasteiger partial charge in [-0.05, 0) is 44.4 Å². The molecule has 4 saturated heterocycles. The molecule has 0 aromatic heterocycles. The van der Waals surface area contributed by atoms with Crippen LogP contribution >= 0.6 is 0 Å². The van der Waals surface area contributed by atoms with Gasteiger partial charge < -0.3 is 19.3 Å². The number of benzene rings is 1. The summed E-state index contributed by atoms with van der Waals surface area (Å²) in [6.45, 7) is 5.81. The van der Waals surface area contributed by atoms with Crippen molar-refractivity contribution in [2.75, 3.05) is 26.2 Å². The third kappa shape index (κ3) is 4.76. The zero-order chi connectivity index (χ0) is 27.2. The van der Waals surface area contributed by atoms with Crippen molar-refractivity contribution in [2.45, 2.75) is 76.0 Å². The molecule has 11 nitrogen and oxygen atoms in total. The fourth-order valence-electron chi connectivity index (χ4n) is 5.48. The summed E-state index contributed by atoms with van der Waals surface area (Å²) in [5.74, 6) is -6.17. The van der Waals surface area contributed by atoms with Crippen molar-refractivity contribution in [1.29, 1.82) is 0 Å². The van der Waals surface area contributed by atoms with Gasteiger partial charge in [0.2, 0.25) is 0 Å². The van der Waals surface area contributed by atoms with E-state index in [0.717, 1.165) is 10.5 Å². The van der Waals surface area contributed by atoms with Gasteiger partial charge in [0.1, 0.15) is 6.17 Å². The molecular weight excluding hydrogens is 501 g/mol. The Morgan fingerprint density at radius 3 is 2.34 bits per heavy atom. The first-order valence-electron chi connectivity index (χ1n) is 12.9. The maximum absolute atomic E-state index is 13.8. The largest absolute Gasteiger partial charge is 0.435 e. The second kappa shape index (κ2) is 9.90. The molecule has 4 aliphatic heterocycles. The second-order valence-corrected chi connectivity index (χ2v) is 10.7. The number of piperazine rings is 1. The van der Waals surface area contributed by atoms with Crippen LogP contribution in [0.15, 0.2) is 24.3 Å². The molecular formula is C26H32FN3O8. The van der Waals surface area contributed by atoms with E-state index in [1.54, 1.807) is 29.2 Å². The number of hydrogen-bond donors (Lipinski definition) is 1. The van der Waals surface area contributed by atoms with Crippen molar-refractivity contribution < 1.29 is 42.9 Å². The topological polar surface area (TPSA) is 126 Å². The predicted molar refractivity (Wildman–Crippen MR) is 128 cm³/mol. The fraction of sp³-hybridized carbons (Fsp3) is 0.615. The smallest absolute Gasteiger partial charge is 0.399 e. The van der Waals surface area contributed by atoms with Crippen LogP contribution in [0.4, 0.5) is 4.39 Å². The van der Waals surface area contributed by atoms with Crippen LogP contribution < -0.4 is 0 Å². The van der Waals surface area contributed by atoms with Gasteiger partial charge in [-0.2, -0.15) is 0 Å². The van der Waals surface area contributed by atoms with Crippen LogP contribution in [0.2, 0.25) is 0 Å². The average Bonchev–Trinajstić information content (AvgIpc) is 2.91. The van der Waals surface area contributed by atoms with Crippen molar-refractivity contribution in [3.63, 3.8) is 0 Å². The number of nitrogens with zero attached hydrogens (tertiary/aromatic N) is 3. The van der Waals surface area contributed by atoms with Crippen LogP contribution in [-0.2, 0) is 35.1 Å². The number of piperidine rings is 1. The minimum atomic E-state index is -2.46. The standard InChI is InChI=1S/C26H32FN3O8/c1-16(2)29-11-12-30(22(33)18-5-3-17(4-6-18)15-28-9-7-19(27)8-10-28)26-23(29)36-20(31)13-25(35,24(34)38-26)14-21(32)37-26/h3-6,16,19,23,35H,7-15H2,1-2H3. The Labute approximate surface area is 219 Å². The van der Waals surface area contributed by atoms with E-state index in [9.17, 15) is 28.7 Å². The van der Waals surface area contributed by atoms with Crippen molar-refractivity contribution in [3.05, 3.63) is 35.4 Å². The number of halogens is 1. The molecule has 1 aromatic rings. The number of aliphatic hydroxyl groups is 1. The molecule has 38 heavy (non-hydrogen) atoms. The van der Waals surface area contributed by atoms with Crippen LogP contribution in [0.5, 0.6) is 0 Å².